The summed E-state index contributed by atoms with van der Waals surface area (Å²) >= 11 is 0. The lowest BCUT2D eigenvalue weighted by molar-refractivity contribution is -0.0123. The molecule has 5 nitrogen and oxygen atoms in total. The third kappa shape index (κ3) is 3.15. The Kier molecular flexibility index (Phi) is 4.54. The number of carbonyl (C=O) groups excluding carboxylic acids is 1. The van der Waals surface area contributed by atoms with Crippen molar-refractivity contribution in [2.45, 2.75) is 20.0 Å². The Balaban J connectivity index is 1.88. The van der Waals surface area contributed by atoms with Crippen molar-refractivity contribution < 1.29 is 13.9 Å². The summed E-state index contributed by atoms with van der Waals surface area (Å²) in [5.41, 5.74) is 2.00. The van der Waals surface area contributed by atoms with Crippen LogP contribution in [0.25, 0.3) is 22.3 Å². The Labute approximate surface area is 157 Å². The van der Waals surface area contributed by atoms with Gasteiger partial charge in [0.05, 0.1) is 23.7 Å². The molecular weight excluding hydrogens is 342 g/mol. The van der Waals surface area contributed by atoms with Crippen LogP contribution >= 0.6 is 0 Å². The molecule has 1 aliphatic rings. The Morgan fingerprint density at radius 1 is 1.11 bits per heavy atom. The zero-order valence-corrected chi connectivity index (χ0v) is 15.4. The molecule has 1 atom stereocenters. The van der Waals surface area contributed by atoms with E-state index >= 15 is 0 Å². The Morgan fingerprint density at radius 3 is 2.63 bits per heavy atom. The first-order valence-electron chi connectivity index (χ1n) is 9.09. The van der Waals surface area contributed by atoms with Crippen LogP contribution in [-0.2, 0) is 4.74 Å². The van der Waals surface area contributed by atoms with E-state index in [1.165, 1.54) is 0 Å². The monoisotopic (exact) mass is 363 g/mol. The fourth-order valence-electron chi connectivity index (χ4n) is 3.52. The zero-order valence-electron chi connectivity index (χ0n) is 15.4. The number of morpholine rings is 1. The number of hydrogen-bond donors (Lipinski definition) is 0. The van der Waals surface area contributed by atoms with E-state index in [4.69, 9.17) is 9.15 Å². The van der Waals surface area contributed by atoms with E-state index in [1.807, 2.05) is 37.3 Å². The maximum Gasteiger partial charge on any atom is 0.257 e. The minimum Gasteiger partial charge on any atom is -0.455 e. The molecule has 3 aromatic rings. The molecule has 0 unspecified atom stereocenters. The van der Waals surface area contributed by atoms with Crippen LogP contribution in [0.2, 0.25) is 0 Å². The molecule has 27 heavy (non-hydrogen) atoms. The van der Waals surface area contributed by atoms with Crippen LogP contribution in [0.5, 0.6) is 0 Å². The lowest BCUT2D eigenvalue weighted by atomic mass is 10.0. The normalized spacial score (nSPS) is 17.3. The molecule has 4 rings (SSSR count). The van der Waals surface area contributed by atoms with Gasteiger partial charge in [0, 0.05) is 24.2 Å². The van der Waals surface area contributed by atoms with Crippen molar-refractivity contribution in [3.05, 3.63) is 69.9 Å². The highest BCUT2D eigenvalue weighted by atomic mass is 16.5. The number of rotatable bonds is 2. The van der Waals surface area contributed by atoms with E-state index in [9.17, 15) is 9.59 Å². The number of para-hydroxylation sites is 1. The molecule has 2 heterocycles. The molecule has 0 spiro atoms. The third-order valence-corrected chi connectivity index (χ3v) is 4.94. The van der Waals surface area contributed by atoms with Gasteiger partial charge in [0.25, 0.3) is 5.91 Å². The minimum atomic E-state index is -0.137. The standard InChI is InChI=1S/C22H21NO4/c1-14-13-23(11-12-26-14)22(25)18-10-6-9-17-19(24)15(2)20(27-21(17)18)16-7-4-3-5-8-16/h3-10,14H,11-13H2,1-2H3/t14-/m0/s1. The van der Waals surface area contributed by atoms with Crippen molar-refractivity contribution in [3.63, 3.8) is 0 Å². The molecule has 1 saturated heterocycles. The van der Waals surface area contributed by atoms with Gasteiger partial charge in [0.1, 0.15) is 5.76 Å². The van der Waals surface area contributed by atoms with Crippen molar-refractivity contribution >= 4 is 16.9 Å². The highest BCUT2D eigenvalue weighted by Gasteiger charge is 2.25. The van der Waals surface area contributed by atoms with E-state index in [0.717, 1.165) is 5.56 Å². The number of hydrogen-bond acceptors (Lipinski definition) is 4. The summed E-state index contributed by atoms with van der Waals surface area (Å²) in [6.07, 6.45) is -0.00758. The van der Waals surface area contributed by atoms with E-state index in [1.54, 1.807) is 30.0 Å². The maximum atomic E-state index is 13.1. The maximum absolute atomic E-state index is 13.1. The summed E-state index contributed by atoms with van der Waals surface area (Å²) in [7, 11) is 0. The van der Waals surface area contributed by atoms with Gasteiger partial charge in [0.2, 0.25) is 0 Å². The molecule has 138 valence electrons. The minimum absolute atomic E-state index is 0.00758. The summed E-state index contributed by atoms with van der Waals surface area (Å²) in [6.45, 7) is 5.26. The molecule has 0 radical (unpaired) electrons. The Hall–Kier alpha value is -2.92. The number of carbonyl (C=O) groups is 1. The van der Waals surface area contributed by atoms with Crippen molar-refractivity contribution in [3.8, 4) is 11.3 Å². The van der Waals surface area contributed by atoms with Crippen LogP contribution in [0, 0.1) is 6.92 Å². The largest absolute Gasteiger partial charge is 0.455 e. The topological polar surface area (TPSA) is 59.8 Å². The molecule has 1 aliphatic heterocycles. The lowest BCUT2D eigenvalue weighted by Gasteiger charge is -2.31. The predicted molar refractivity (Wildman–Crippen MR) is 104 cm³/mol. The van der Waals surface area contributed by atoms with Gasteiger partial charge in [-0.25, -0.2) is 0 Å². The zero-order chi connectivity index (χ0) is 19.0. The quantitative estimate of drug-likeness (QED) is 0.698. The number of fused-ring (bicyclic) bond motifs is 1. The SMILES string of the molecule is Cc1c(-c2ccccc2)oc2c(C(=O)N3CCO[C@@H](C)C3)cccc2c1=O. The Morgan fingerprint density at radius 2 is 1.89 bits per heavy atom. The molecule has 0 aliphatic carbocycles. The fraction of sp³-hybridized carbons (Fsp3) is 0.273. The highest BCUT2D eigenvalue weighted by Crippen LogP contribution is 2.28. The van der Waals surface area contributed by atoms with Crippen LogP contribution in [0.1, 0.15) is 22.8 Å². The molecule has 0 saturated carbocycles. The van der Waals surface area contributed by atoms with Crippen molar-refractivity contribution in [2.75, 3.05) is 19.7 Å². The van der Waals surface area contributed by atoms with E-state index in [0.29, 0.717) is 47.6 Å². The first kappa shape index (κ1) is 17.5. The van der Waals surface area contributed by atoms with Crippen LogP contribution in [0.15, 0.2) is 57.7 Å². The molecular formula is C22H21NO4. The summed E-state index contributed by atoms with van der Waals surface area (Å²) in [4.78, 5) is 27.8. The highest BCUT2D eigenvalue weighted by molar-refractivity contribution is 6.05. The van der Waals surface area contributed by atoms with Crippen molar-refractivity contribution in [1.82, 2.24) is 4.90 Å². The fourth-order valence-corrected chi connectivity index (χ4v) is 3.52. The van der Waals surface area contributed by atoms with Gasteiger partial charge in [-0.2, -0.15) is 0 Å². The van der Waals surface area contributed by atoms with Gasteiger partial charge < -0.3 is 14.1 Å². The molecule has 2 aromatic carbocycles. The van der Waals surface area contributed by atoms with Gasteiger partial charge >= 0.3 is 0 Å². The first-order chi connectivity index (χ1) is 13.1. The van der Waals surface area contributed by atoms with E-state index in [2.05, 4.69) is 0 Å². The molecule has 5 heteroatoms. The number of nitrogens with zero attached hydrogens (tertiary/aromatic N) is 1. The van der Waals surface area contributed by atoms with Crippen LogP contribution < -0.4 is 5.43 Å². The van der Waals surface area contributed by atoms with Gasteiger partial charge in [-0.15, -0.1) is 0 Å². The van der Waals surface area contributed by atoms with Crippen LogP contribution in [0.3, 0.4) is 0 Å². The average Bonchev–Trinajstić information content (AvgIpc) is 2.70. The molecule has 0 N–H and O–H groups in total. The molecule has 1 fully saturated rings. The summed E-state index contributed by atoms with van der Waals surface area (Å²) in [5.74, 6) is 0.366. The summed E-state index contributed by atoms with van der Waals surface area (Å²) in [5, 5.41) is 0.430. The average molecular weight is 363 g/mol. The van der Waals surface area contributed by atoms with Gasteiger partial charge in [-0.3, -0.25) is 9.59 Å². The van der Waals surface area contributed by atoms with E-state index in [-0.39, 0.29) is 17.4 Å². The molecule has 0 bridgehead atoms. The number of amides is 1. The van der Waals surface area contributed by atoms with Gasteiger partial charge in [-0.1, -0.05) is 36.4 Å². The van der Waals surface area contributed by atoms with Crippen molar-refractivity contribution in [2.24, 2.45) is 0 Å². The van der Waals surface area contributed by atoms with Crippen molar-refractivity contribution in [1.29, 1.82) is 0 Å². The first-order valence-corrected chi connectivity index (χ1v) is 9.09. The second kappa shape index (κ2) is 7.00. The summed E-state index contributed by atoms with van der Waals surface area (Å²) in [6, 6.07) is 14.6. The van der Waals surface area contributed by atoms with Crippen LogP contribution in [0.4, 0.5) is 0 Å². The lowest BCUT2D eigenvalue weighted by Crippen LogP contribution is -2.44. The number of benzene rings is 2. The van der Waals surface area contributed by atoms with Crippen LogP contribution in [-0.4, -0.2) is 36.6 Å². The number of ether oxygens (including phenoxy) is 1. The second-order valence-corrected chi connectivity index (χ2v) is 6.87. The third-order valence-electron chi connectivity index (χ3n) is 4.94. The predicted octanol–water partition coefficient (Wildman–Crippen LogP) is 3.63. The molecule has 1 aromatic heterocycles. The summed E-state index contributed by atoms with van der Waals surface area (Å²) < 4.78 is 11.7. The second-order valence-electron chi connectivity index (χ2n) is 6.87. The van der Waals surface area contributed by atoms with E-state index < -0.39 is 0 Å². The smallest absolute Gasteiger partial charge is 0.257 e. The van der Waals surface area contributed by atoms with Gasteiger partial charge in [-0.05, 0) is 26.0 Å². The van der Waals surface area contributed by atoms with Gasteiger partial charge in [0.15, 0.2) is 11.0 Å². The molecule has 1 amide bonds. The Bertz CT molecular complexity index is 1060.